The number of fused-ring (bicyclic) bond motifs is 1. The largest absolute Gasteiger partial charge is 0.315 e. The van der Waals surface area contributed by atoms with Crippen LogP contribution < -0.4 is 5.32 Å². The van der Waals surface area contributed by atoms with Crippen molar-refractivity contribution in [3.05, 3.63) is 0 Å². The Morgan fingerprint density at radius 3 is 2.88 bits per heavy atom. The minimum absolute atomic E-state index is 0.636. The van der Waals surface area contributed by atoms with Gasteiger partial charge in [-0.15, -0.1) is 0 Å². The Hall–Kier alpha value is -0.120. The van der Waals surface area contributed by atoms with E-state index in [1.165, 1.54) is 65.0 Å². The van der Waals surface area contributed by atoms with Gasteiger partial charge in [-0.3, -0.25) is 4.90 Å². The number of hydrogen-bond donors (Lipinski definition) is 1. The molecule has 0 aromatic carbocycles. The first-order valence-corrected chi connectivity index (χ1v) is 7.45. The number of unbranched alkanes of at least 4 members (excludes halogenated alkanes) is 1. The van der Waals surface area contributed by atoms with Gasteiger partial charge in [0.25, 0.3) is 0 Å². The molecule has 1 atom stereocenters. The SMILES string of the molecule is CC(C)NCCCCN1CCN2CCCC2C1. The maximum absolute atomic E-state index is 3.49. The summed E-state index contributed by atoms with van der Waals surface area (Å²) in [6, 6.07) is 1.52. The van der Waals surface area contributed by atoms with Gasteiger partial charge in [-0.25, -0.2) is 0 Å². The molecule has 0 radical (unpaired) electrons. The van der Waals surface area contributed by atoms with Gasteiger partial charge >= 0.3 is 0 Å². The van der Waals surface area contributed by atoms with Crippen molar-refractivity contribution < 1.29 is 0 Å². The van der Waals surface area contributed by atoms with Crippen molar-refractivity contribution in [1.29, 1.82) is 0 Å². The molecule has 100 valence electrons. The van der Waals surface area contributed by atoms with Crippen molar-refractivity contribution in [1.82, 2.24) is 15.1 Å². The lowest BCUT2D eigenvalue weighted by atomic mass is 10.1. The van der Waals surface area contributed by atoms with Gasteiger partial charge < -0.3 is 10.2 Å². The van der Waals surface area contributed by atoms with E-state index in [4.69, 9.17) is 0 Å². The van der Waals surface area contributed by atoms with Gasteiger partial charge in [0.15, 0.2) is 0 Å². The molecule has 1 unspecified atom stereocenters. The van der Waals surface area contributed by atoms with Crippen LogP contribution in [-0.2, 0) is 0 Å². The molecule has 0 aromatic rings. The molecule has 2 aliphatic heterocycles. The molecule has 0 spiro atoms. The van der Waals surface area contributed by atoms with Crippen LogP contribution in [0.5, 0.6) is 0 Å². The molecule has 2 fully saturated rings. The second kappa shape index (κ2) is 6.72. The third-order valence-corrected chi connectivity index (χ3v) is 4.13. The molecule has 3 heteroatoms. The summed E-state index contributed by atoms with van der Waals surface area (Å²) >= 11 is 0. The van der Waals surface area contributed by atoms with Crippen LogP contribution in [0.3, 0.4) is 0 Å². The lowest BCUT2D eigenvalue weighted by Crippen LogP contribution is -2.50. The third kappa shape index (κ3) is 4.23. The van der Waals surface area contributed by atoms with Gasteiger partial charge in [0, 0.05) is 31.7 Å². The Labute approximate surface area is 107 Å². The predicted molar refractivity (Wildman–Crippen MR) is 73.4 cm³/mol. The summed E-state index contributed by atoms with van der Waals surface area (Å²) in [5, 5.41) is 3.49. The summed E-state index contributed by atoms with van der Waals surface area (Å²) in [6.45, 7) is 12.2. The molecule has 0 aliphatic carbocycles. The molecular weight excluding hydrogens is 210 g/mol. The molecule has 2 saturated heterocycles. The first-order chi connectivity index (χ1) is 8.25. The summed E-state index contributed by atoms with van der Waals surface area (Å²) in [4.78, 5) is 5.37. The summed E-state index contributed by atoms with van der Waals surface area (Å²) in [7, 11) is 0. The van der Waals surface area contributed by atoms with Crippen molar-refractivity contribution in [2.24, 2.45) is 0 Å². The van der Waals surface area contributed by atoms with E-state index in [1.807, 2.05) is 0 Å². The van der Waals surface area contributed by atoms with E-state index in [0.29, 0.717) is 6.04 Å². The number of nitrogens with one attached hydrogen (secondary N) is 1. The highest BCUT2D eigenvalue weighted by Crippen LogP contribution is 2.21. The van der Waals surface area contributed by atoms with E-state index < -0.39 is 0 Å². The van der Waals surface area contributed by atoms with Gasteiger partial charge in [-0.05, 0) is 45.3 Å². The van der Waals surface area contributed by atoms with Crippen molar-refractivity contribution in [3.8, 4) is 0 Å². The Morgan fingerprint density at radius 1 is 1.18 bits per heavy atom. The van der Waals surface area contributed by atoms with Gasteiger partial charge in [0.1, 0.15) is 0 Å². The van der Waals surface area contributed by atoms with Crippen molar-refractivity contribution in [2.45, 2.75) is 51.6 Å². The van der Waals surface area contributed by atoms with Crippen molar-refractivity contribution in [2.75, 3.05) is 39.3 Å². The minimum atomic E-state index is 0.636. The quantitative estimate of drug-likeness (QED) is 0.710. The number of hydrogen-bond acceptors (Lipinski definition) is 3. The van der Waals surface area contributed by atoms with Crippen LogP contribution in [0.1, 0.15) is 39.5 Å². The Kier molecular flexibility index (Phi) is 5.26. The summed E-state index contributed by atoms with van der Waals surface area (Å²) < 4.78 is 0. The average molecular weight is 239 g/mol. The third-order valence-electron chi connectivity index (χ3n) is 4.13. The molecular formula is C14H29N3. The van der Waals surface area contributed by atoms with E-state index in [-0.39, 0.29) is 0 Å². The zero-order valence-corrected chi connectivity index (χ0v) is 11.6. The van der Waals surface area contributed by atoms with Gasteiger partial charge in [0.05, 0.1) is 0 Å². The van der Waals surface area contributed by atoms with Crippen LogP contribution >= 0.6 is 0 Å². The molecule has 0 bridgehead atoms. The van der Waals surface area contributed by atoms with Crippen LogP contribution in [-0.4, -0.2) is 61.2 Å². The van der Waals surface area contributed by atoms with E-state index in [9.17, 15) is 0 Å². The molecule has 17 heavy (non-hydrogen) atoms. The van der Waals surface area contributed by atoms with Crippen LogP contribution in [0.15, 0.2) is 0 Å². The molecule has 2 heterocycles. The van der Waals surface area contributed by atoms with E-state index in [2.05, 4.69) is 29.0 Å². The molecule has 2 aliphatic rings. The maximum atomic E-state index is 3.49. The molecule has 3 nitrogen and oxygen atoms in total. The van der Waals surface area contributed by atoms with Crippen LogP contribution in [0.2, 0.25) is 0 Å². The summed E-state index contributed by atoms with van der Waals surface area (Å²) in [6.07, 6.45) is 5.54. The van der Waals surface area contributed by atoms with Crippen molar-refractivity contribution >= 4 is 0 Å². The lowest BCUT2D eigenvalue weighted by molar-refractivity contribution is 0.103. The minimum Gasteiger partial charge on any atom is -0.315 e. The normalized spacial score (nSPS) is 26.6. The smallest absolute Gasteiger partial charge is 0.0224 e. The van der Waals surface area contributed by atoms with Crippen LogP contribution in [0.4, 0.5) is 0 Å². The Balaban J connectivity index is 1.54. The zero-order chi connectivity index (χ0) is 12.1. The van der Waals surface area contributed by atoms with E-state index in [1.54, 1.807) is 0 Å². The zero-order valence-electron chi connectivity index (χ0n) is 11.6. The molecule has 0 saturated carbocycles. The fourth-order valence-corrected chi connectivity index (χ4v) is 3.11. The highest BCUT2D eigenvalue weighted by atomic mass is 15.3. The first kappa shape index (κ1) is 13.3. The van der Waals surface area contributed by atoms with E-state index >= 15 is 0 Å². The fourth-order valence-electron chi connectivity index (χ4n) is 3.11. The van der Waals surface area contributed by atoms with Crippen LogP contribution in [0.25, 0.3) is 0 Å². The van der Waals surface area contributed by atoms with Gasteiger partial charge in [-0.1, -0.05) is 13.8 Å². The van der Waals surface area contributed by atoms with Gasteiger partial charge in [0.2, 0.25) is 0 Å². The Morgan fingerprint density at radius 2 is 2.06 bits per heavy atom. The summed E-state index contributed by atoms with van der Waals surface area (Å²) in [5.74, 6) is 0. The number of rotatable bonds is 6. The molecule has 2 rings (SSSR count). The van der Waals surface area contributed by atoms with Gasteiger partial charge in [-0.2, -0.15) is 0 Å². The number of piperazine rings is 1. The highest BCUT2D eigenvalue weighted by molar-refractivity contribution is 4.86. The second-order valence-corrected chi connectivity index (χ2v) is 5.95. The second-order valence-electron chi connectivity index (χ2n) is 5.95. The standard InChI is InChI=1S/C14H29N3/c1-13(2)15-7-3-4-8-16-10-11-17-9-5-6-14(17)12-16/h13-15H,3-12H2,1-2H3. The van der Waals surface area contributed by atoms with Crippen LogP contribution in [0, 0.1) is 0 Å². The average Bonchev–Trinajstić information content (AvgIpc) is 2.75. The maximum Gasteiger partial charge on any atom is 0.0224 e. The highest BCUT2D eigenvalue weighted by Gasteiger charge is 2.29. The molecule has 1 N–H and O–H groups in total. The van der Waals surface area contributed by atoms with Crippen molar-refractivity contribution in [3.63, 3.8) is 0 Å². The molecule has 0 aromatic heterocycles. The first-order valence-electron chi connectivity index (χ1n) is 7.45. The lowest BCUT2D eigenvalue weighted by Gasteiger charge is -2.37. The monoisotopic (exact) mass is 239 g/mol. The topological polar surface area (TPSA) is 18.5 Å². The fraction of sp³-hybridized carbons (Fsp3) is 1.00. The molecule has 0 amide bonds. The predicted octanol–water partition coefficient (Wildman–Crippen LogP) is 1.54. The number of nitrogens with zero attached hydrogens (tertiary/aromatic N) is 2. The van der Waals surface area contributed by atoms with E-state index in [0.717, 1.165) is 6.04 Å². The summed E-state index contributed by atoms with van der Waals surface area (Å²) in [5.41, 5.74) is 0. The Bertz CT molecular complexity index is 218.